The first kappa shape index (κ1) is 25.8. The second-order valence-electron chi connectivity index (χ2n) is 8.58. The van der Waals surface area contributed by atoms with E-state index in [1.165, 1.54) is 18.2 Å². The van der Waals surface area contributed by atoms with Crippen molar-refractivity contribution in [2.75, 3.05) is 5.32 Å². The molecule has 0 saturated heterocycles. The van der Waals surface area contributed by atoms with Crippen molar-refractivity contribution in [3.63, 3.8) is 0 Å². The second kappa shape index (κ2) is 9.82. The summed E-state index contributed by atoms with van der Waals surface area (Å²) in [7, 11) is 1.73. The van der Waals surface area contributed by atoms with E-state index in [4.69, 9.17) is 23.2 Å². The van der Waals surface area contributed by atoms with Crippen LogP contribution >= 0.6 is 23.2 Å². The van der Waals surface area contributed by atoms with Gasteiger partial charge in [0.05, 0.1) is 53.6 Å². The van der Waals surface area contributed by atoms with E-state index < -0.39 is 26.8 Å². The van der Waals surface area contributed by atoms with Crippen molar-refractivity contribution in [2.45, 2.75) is 6.92 Å². The first-order valence-electron chi connectivity index (χ1n) is 11.3. The van der Waals surface area contributed by atoms with E-state index in [2.05, 4.69) is 20.3 Å². The molecular formula is C25H17Cl2N7O5. The van der Waals surface area contributed by atoms with Gasteiger partial charge >= 0.3 is 0 Å². The number of nitro benzene ring substituents is 2. The van der Waals surface area contributed by atoms with Gasteiger partial charge in [0.2, 0.25) is 5.95 Å². The minimum atomic E-state index is -0.711. The van der Waals surface area contributed by atoms with Crippen LogP contribution in [-0.4, -0.2) is 29.4 Å². The number of benzene rings is 3. The lowest BCUT2D eigenvalue weighted by atomic mass is 10.1. The Morgan fingerprint density at radius 2 is 1.62 bits per heavy atom. The second-order valence-corrected chi connectivity index (χ2v) is 9.40. The van der Waals surface area contributed by atoms with Crippen LogP contribution in [0.1, 0.15) is 18.3 Å². The molecule has 196 valence electrons. The highest BCUT2D eigenvalue weighted by Crippen LogP contribution is 2.34. The fraction of sp³-hybridized carbons (Fsp3) is 0.0800. The molecule has 0 saturated carbocycles. The molecule has 0 amide bonds. The summed E-state index contributed by atoms with van der Waals surface area (Å²) in [5.74, 6) is 0.601. The molecule has 0 bridgehead atoms. The van der Waals surface area contributed by atoms with Crippen molar-refractivity contribution in [1.29, 1.82) is 0 Å². The zero-order valence-corrected chi connectivity index (χ0v) is 21.7. The van der Waals surface area contributed by atoms with Gasteiger partial charge in [-0.3, -0.25) is 25.0 Å². The maximum Gasteiger partial charge on any atom is 0.276 e. The summed E-state index contributed by atoms with van der Waals surface area (Å²) in [5, 5.41) is 26.7. The maximum atomic E-state index is 13.3. The van der Waals surface area contributed by atoms with Crippen LogP contribution < -0.4 is 10.9 Å². The lowest BCUT2D eigenvalue weighted by Gasteiger charge is -2.10. The number of aryl methyl sites for hydroxylation is 1. The van der Waals surface area contributed by atoms with Crippen LogP contribution in [0.3, 0.4) is 0 Å². The average Bonchev–Trinajstić information content (AvgIpc) is 3.20. The number of fused-ring (bicyclic) bond motifs is 3. The van der Waals surface area contributed by atoms with E-state index in [1.807, 2.05) is 0 Å². The fourth-order valence-corrected chi connectivity index (χ4v) is 4.68. The number of non-ortho nitro benzene ring substituents is 2. The lowest BCUT2D eigenvalue weighted by Crippen LogP contribution is -2.12. The molecule has 0 aliphatic carbocycles. The molecule has 0 spiro atoms. The zero-order valence-electron chi connectivity index (χ0n) is 20.2. The van der Waals surface area contributed by atoms with E-state index in [0.717, 1.165) is 6.07 Å². The number of hydrogen-bond acceptors (Lipinski definition) is 8. The Morgan fingerprint density at radius 1 is 1.00 bits per heavy atom. The first-order valence-corrected chi connectivity index (χ1v) is 12.0. The van der Waals surface area contributed by atoms with Gasteiger partial charge in [0.15, 0.2) is 0 Å². The molecular weight excluding hydrogens is 549 g/mol. The minimum Gasteiger partial charge on any atom is -0.323 e. The Balaban J connectivity index is 1.60. The van der Waals surface area contributed by atoms with E-state index in [0.29, 0.717) is 49.2 Å². The van der Waals surface area contributed by atoms with Crippen LogP contribution in [0.5, 0.6) is 0 Å². The molecule has 12 nitrogen and oxygen atoms in total. The number of imidazole rings is 1. The number of anilines is 2. The highest BCUT2D eigenvalue weighted by molar-refractivity contribution is 6.39. The van der Waals surface area contributed by atoms with Gasteiger partial charge in [0.1, 0.15) is 5.82 Å². The fourth-order valence-electron chi connectivity index (χ4n) is 4.19. The molecule has 0 fully saturated rings. The zero-order chi connectivity index (χ0) is 28.0. The SMILES string of the molecule is CC(=Cc1cc([N+](=O)[O-])cc([N+](=O)[O-])c1)c1nc2ccc3nc(Nc4c(Cl)cccc4Cl)n(C)c3c2c(=O)[nH]1. The van der Waals surface area contributed by atoms with Crippen molar-refractivity contribution >= 4 is 79.8 Å². The number of rotatable bonds is 6. The topological polar surface area (TPSA) is 162 Å². The summed E-state index contributed by atoms with van der Waals surface area (Å²) in [4.78, 5) is 46.2. The van der Waals surface area contributed by atoms with E-state index in [9.17, 15) is 25.0 Å². The third-order valence-electron chi connectivity index (χ3n) is 6.01. The van der Waals surface area contributed by atoms with Crippen LogP contribution in [0, 0.1) is 20.2 Å². The van der Waals surface area contributed by atoms with Crippen molar-refractivity contribution < 1.29 is 9.85 Å². The summed E-state index contributed by atoms with van der Waals surface area (Å²) < 4.78 is 1.69. The molecule has 14 heteroatoms. The summed E-state index contributed by atoms with van der Waals surface area (Å²) in [6.07, 6.45) is 1.47. The molecule has 0 unspecified atom stereocenters. The van der Waals surface area contributed by atoms with Gasteiger partial charge in [-0.1, -0.05) is 29.3 Å². The Bertz CT molecular complexity index is 1880. The van der Waals surface area contributed by atoms with Gasteiger partial charge in [-0.05, 0) is 48.4 Å². The number of H-pyrrole nitrogens is 1. The molecule has 5 aromatic rings. The highest BCUT2D eigenvalue weighted by Gasteiger charge is 2.18. The molecule has 5 rings (SSSR count). The number of para-hydroxylation sites is 1. The Hall–Kier alpha value is -4.81. The summed E-state index contributed by atoms with van der Waals surface area (Å²) in [6, 6.07) is 11.8. The predicted molar refractivity (Wildman–Crippen MR) is 150 cm³/mol. The standard InChI is InChI=1S/C25H17Cl2N7O5/c1-12(8-13-9-14(33(36)37)11-15(10-13)34(38)39)23-28-18-6-7-19-22(20(18)24(35)31-23)32(2)25(29-19)30-21-16(26)4-3-5-17(21)27/h3-11H,1-2H3,(H,29,30)(H,28,31,35). The third-order valence-corrected chi connectivity index (χ3v) is 6.64. The van der Waals surface area contributed by atoms with Crippen LogP contribution in [0.2, 0.25) is 10.0 Å². The minimum absolute atomic E-state index is 0.198. The maximum absolute atomic E-state index is 13.3. The molecule has 0 aliphatic rings. The number of nitrogens with one attached hydrogen (secondary N) is 2. The molecule has 2 aromatic heterocycles. The van der Waals surface area contributed by atoms with Crippen LogP contribution in [-0.2, 0) is 7.05 Å². The van der Waals surface area contributed by atoms with Crippen molar-refractivity contribution in [3.05, 3.63) is 101 Å². The van der Waals surface area contributed by atoms with Gasteiger partial charge in [0, 0.05) is 19.2 Å². The molecule has 2 heterocycles. The molecule has 3 aromatic carbocycles. The van der Waals surface area contributed by atoms with Crippen LogP contribution in [0.25, 0.3) is 33.6 Å². The highest BCUT2D eigenvalue weighted by atomic mass is 35.5. The number of halogens is 2. The lowest BCUT2D eigenvalue weighted by molar-refractivity contribution is -0.394. The summed E-state index contributed by atoms with van der Waals surface area (Å²) in [5.41, 5.74) is 1.26. The molecule has 0 radical (unpaired) electrons. The number of hydrogen-bond donors (Lipinski definition) is 2. The van der Waals surface area contributed by atoms with Gasteiger partial charge in [-0.25, -0.2) is 9.97 Å². The van der Waals surface area contributed by atoms with Crippen LogP contribution in [0.4, 0.5) is 23.0 Å². The monoisotopic (exact) mass is 565 g/mol. The first-order chi connectivity index (χ1) is 18.5. The predicted octanol–water partition coefficient (Wildman–Crippen LogP) is 6.24. The summed E-state index contributed by atoms with van der Waals surface area (Å²) in [6.45, 7) is 1.63. The van der Waals surface area contributed by atoms with Gasteiger partial charge in [-0.2, -0.15) is 0 Å². The van der Waals surface area contributed by atoms with Crippen molar-refractivity contribution in [2.24, 2.45) is 7.05 Å². The third kappa shape index (κ3) is 4.78. The molecule has 0 atom stereocenters. The van der Waals surface area contributed by atoms with Crippen molar-refractivity contribution in [1.82, 2.24) is 19.5 Å². The van der Waals surface area contributed by atoms with E-state index in [1.54, 1.807) is 48.9 Å². The van der Waals surface area contributed by atoms with Crippen molar-refractivity contribution in [3.8, 4) is 0 Å². The molecule has 39 heavy (non-hydrogen) atoms. The normalized spacial score (nSPS) is 11.7. The number of nitrogens with zero attached hydrogens (tertiary/aromatic N) is 5. The molecule has 2 N–H and O–H groups in total. The average molecular weight is 566 g/mol. The van der Waals surface area contributed by atoms with Gasteiger partial charge in [-0.15, -0.1) is 0 Å². The molecule has 0 aliphatic heterocycles. The smallest absolute Gasteiger partial charge is 0.276 e. The Labute approximate surface area is 228 Å². The number of allylic oxidation sites excluding steroid dienone is 1. The Morgan fingerprint density at radius 3 is 2.23 bits per heavy atom. The van der Waals surface area contributed by atoms with Gasteiger partial charge in [0.25, 0.3) is 16.9 Å². The number of aromatic amines is 1. The largest absolute Gasteiger partial charge is 0.323 e. The van der Waals surface area contributed by atoms with Gasteiger partial charge < -0.3 is 14.9 Å². The quantitative estimate of drug-likeness (QED) is 0.180. The summed E-state index contributed by atoms with van der Waals surface area (Å²) >= 11 is 12.6. The van der Waals surface area contributed by atoms with E-state index >= 15 is 0 Å². The van der Waals surface area contributed by atoms with E-state index in [-0.39, 0.29) is 11.4 Å². The Kier molecular flexibility index (Phi) is 6.50. The van der Waals surface area contributed by atoms with Crippen LogP contribution in [0.15, 0.2) is 53.3 Å². The number of nitro groups is 2. The number of aromatic nitrogens is 4.